The predicted molar refractivity (Wildman–Crippen MR) is 73.0 cm³/mol. The van der Waals surface area contributed by atoms with Crippen LogP contribution in [0.5, 0.6) is 0 Å². The van der Waals surface area contributed by atoms with E-state index in [1.807, 2.05) is 18.2 Å². The molecule has 15 heavy (non-hydrogen) atoms. The van der Waals surface area contributed by atoms with Crippen LogP contribution in [0.4, 0.5) is 0 Å². The highest BCUT2D eigenvalue weighted by molar-refractivity contribution is 14.1. The third-order valence-electron chi connectivity index (χ3n) is 2.77. The fourth-order valence-electron chi connectivity index (χ4n) is 1.93. The van der Waals surface area contributed by atoms with E-state index in [0.717, 1.165) is 17.0 Å². The van der Waals surface area contributed by atoms with Gasteiger partial charge in [-0.1, -0.05) is 23.3 Å². The molecule has 0 saturated heterocycles. The molecule has 2 rings (SSSR count). The zero-order chi connectivity index (χ0) is 10.8. The van der Waals surface area contributed by atoms with Crippen molar-refractivity contribution in [3.8, 4) is 0 Å². The molecule has 1 atom stereocenters. The lowest BCUT2D eigenvalue weighted by atomic mass is 9.99. The number of nitrogens with two attached hydrogens (primary N) is 1. The third-order valence-corrected chi connectivity index (χ3v) is 3.99. The summed E-state index contributed by atoms with van der Waals surface area (Å²) >= 11 is 8.30. The van der Waals surface area contributed by atoms with E-state index in [2.05, 4.69) is 28.7 Å². The highest BCUT2D eigenvalue weighted by Gasteiger charge is 2.17. The second kappa shape index (κ2) is 4.85. The summed E-state index contributed by atoms with van der Waals surface area (Å²) in [6.07, 6.45) is 5.80. The maximum Gasteiger partial charge on any atom is 0.0522 e. The van der Waals surface area contributed by atoms with E-state index in [-0.39, 0.29) is 6.04 Å². The largest absolute Gasteiger partial charge is 0.321 e. The lowest BCUT2D eigenvalue weighted by Gasteiger charge is -2.15. The number of benzene rings is 1. The first kappa shape index (κ1) is 11.4. The predicted octanol–water partition coefficient (Wildman–Crippen LogP) is 4.05. The Labute approximate surface area is 109 Å². The van der Waals surface area contributed by atoms with Crippen LogP contribution < -0.4 is 5.73 Å². The minimum atomic E-state index is 0.0260. The van der Waals surface area contributed by atoms with E-state index >= 15 is 0 Å². The molecule has 0 saturated carbocycles. The van der Waals surface area contributed by atoms with Gasteiger partial charge in [0.05, 0.1) is 6.04 Å². The van der Waals surface area contributed by atoms with Crippen molar-refractivity contribution >= 4 is 34.2 Å². The summed E-state index contributed by atoms with van der Waals surface area (Å²) in [5.74, 6) is 0. The summed E-state index contributed by atoms with van der Waals surface area (Å²) in [4.78, 5) is 0. The first-order chi connectivity index (χ1) is 7.18. The number of halogens is 2. The van der Waals surface area contributed by atoms with Crippen LogP contribution in [-0.2, 0) is 0 Å². The molecule has 1 aliphatic rings. The molecule has 1 unspecified atom stereocenters. The fourth-order valence-corrected chi connectivity index (χ4v) is 2.78. The van der Waals surface area contributed by atoms with Crippen LogP contribution in [0.2, 0.25) is 5.02 Å². The summed E-state index contributed by atoms with van der Waals surface area (Å²) in [6.45, 7) is 0. The standard InChI is InChI=1S/C12H13ClIN/c13-9-5-6-11(14)10(7-9)12(15)8-3-1-2-4-8/h3,5-7,12H,1-2,4,15H2. The van der Waals surface area contributed by atoms with Gasteiger partial charge in [-0.3, -0.25) is 0 Å². The van der Waals surface area contributed by atoms with Crippen LogP contribution in [0, 0.1) is 3.57 Å². The van der Waals surface area contributed by atoms with E-state index in [9.17, 15) is 0 Å². The van der Waals surface area contributed by atoms with Crippen LogP contribution in [0.3, 0.4) is 0 Å². The lowest BCUT2D eigenvalue weighted by Crippen LogP contribution is -2.13. The molecule has 80 valence electrons. The topological polar surface area (TPSA) is 26.0 Å². The van der Waals surface area contributed by atoms with E-state index in [4.69, 9.17) is 17.3 Å². The van der Waals surface area contributed by atoms with Gasteiger partial charge in [-0.25, -0.2) is 0 Å². The van der Waals surface area contributed by atoms with Crippen molar-refractivity contribution in [1.82, 2.24) is 0 Å². The lowest BCUT2D eigenvalue weighted by molar-refractivity contribution is 0.781. The molecule has 2 N–H and O–H groups in total. The molecular weight excluding hydrogens is 320 g/mol. The normalized spacial score (nSPS) is 17.7. The summed E-state index contributed by atoms with van der Waals surface area (Å²) in [5, 5.41) is 0.763. The molecule has 0 fully saturated rings. The zero-order valence-corrected chi connectivity index (χ0v) is 11.3. The second-order valence-corrected chi connectivity index (χ2v) is 5.41. The Morgan fingerprint density at radius 1 is 1.40 bits per heavy atom. The molecule has 1 aliphatic carbocycles. The van der Waals surface area contributed by atoms with Crippen molar-refractivity contribution in [2.45, 2.75) is 25.3 Å². The average Bonchev–Trinajstić information content (AvgIpc) is 2.74. The average molecular weight is 334 g/mol. The molecule has 0 bridgehead atoms. The molecule has 0 radical (unpaired) electrons. The Kier molecular flexibility index (Phi) is 3.69. The van der Waals surface area contributed by atoms with Gasteiger partial charge in [0.15, 0.2) is 0 Å². The van der Waals surface area contributed by atoms with Crippen molar-refractivity contribution in [3.05, 3.63) is 44.0 Å². The van der Waals surface area contributed by atoms with E-state index in [1.54, 1.807) is 0 Å². The second-order valence-electron chi connectivity index (χ2n) is 3.81. The zero-order valence-electron chi connectivity index (χ0n) is 8.34. The number of rotatable bonds is 2. The molecule has 1 aromatic carbocycles. The fraction of sp³-hybridized carbons (Fsp3) is 0.333. The Hall–Kier alpha value is -0.0600. The van der Waals surface area contributed by atoms with E-state index in [1.165, 1.54) is 22.0 Å². The van der Waals surface area contributed by atoms with Crippen LogP contribution in [-0.4, -0.2) is 0 Å². The van der Waals surface area contributed by atoms with Crippen LogP contribution in [0.25, 0.3) is 0 Å². The van der Waals surface area contributed by atoms with Crippen molar-refractivity contribution in [3.63, 3.8) is 0 Å². The first-order valence-electron chi connectivity index (χ1n) is 5.08. The van der Waals surface area contributed by atoms with Crippen molar-refractivity contribution in [2.24, 2.45) is 5.73 Å². The number of hydrogen-bond acceptors (Lipinski definition) is 1. The summed E-state index contributed by atoms with van der Waals surface area (Å²) in [5.41, 5.74) is 8.74. The maximum atomic E-state index is 6.24. The van der Waals surface area contributed by atoms with Gasteiger partial charge in [0, 0.05) is 8.59 Å². The molecule has 1 nitrogen and oxygen atoms in total. The smallest absolute Gasteiger partial charge is 0.0522 e. The third kappa shape index (κ3) is 2.55. The van der Waals surface area contributed by atoms with Gasteiger partial charge in [0.2, 0.25) is 0 Å². The van der Waals surface area contributed by atoms with Crippen LogP contribution in [0.1, 0.15) is 30.9 Å². The van der Waals surface area contributed by atoms with Gasteiger partial charge in [-0.05, 0) is 65.6 Å². The molecule has 0 spiro atoms. The molecule has 0 aromatic heterocycles. The molecular formula is C12H13ClIN. The quantitative estimate of drug-likeness (QED) is 0.641. The monoisotopic (exact) mass is 333 g/mol. The number of allylic oxidation sites excluding steroid dienone is 1. The Morgan fingerprint density at radius 2 is 2.20 bits per heavy atom. The van der Waals surface area contributed by atoms with Gasteiger partial charge in [-0.2, -0.15) is 0 Å². The van der Waals surface area contributed by atoms with Crippen LogP contribution >= 0.6 is 34.2 Å². The summed E-state index contributed by atoms with van der Waals surface area (Å²) < 4.78 is 1.19. The Bertz CT molecular complexity index is 401. The molecule has 0 aliphatic heterocycles. The van der Waals surface area contributed by atoms with Crippen molar-refractivity contribution in [2.75, 3.05) is 0 Å². The highest BCUT2D eigenvalue weighted by Crippen LogP contribution is 2.32. The van der Waals surface area contributed by atoms with Gasteiger partial charge in [0.25, 0.3) is 0 Å². The maximum absolute atomic E-state index is 6.24. The first-order valence-corrected chi connectivity index (χ1v) is 6.53. The summed E-state index contributed by atoms with van der Waals surface area (Å²) in [7, 11) is 0. The van der Waals surface area contributed by atoms with E-state index < -0.39 is 0 Å². The minimum Gasteiger partial charge on any atom is -0.321 e. The van der Waals surface area contributed by atoms with Gasteiger partial charge in [0.1, 0.15) is 0 Å². The molecule has 0 heterocycles. The van der Waals surface area contributed by atoms with E-state index in [0.29, 0.717) is 0 Å². The summed E-state index contributed by atoms with van der Waals surface area (Å²) in [6, 6.07) is 5.93. The van der Waals surface area contributed by atoms with Crippen LogP contribution in [0.15, 0.2) is 29.8 Å². The number of hydrogen-bond donors (Lipinski definition) is 1. The van der Waals surface area contributed by atoms with Gasteiger partial charge >= 0.3 is 0 Å². The van der Waals surface area contributed by atoms with Gasteiger partial charge < -0.3 is 5.73 Å². The molecule has 0 amide bonds. The van der Waals surface area contributed by atoms with Crippen molar-refractivity contribution in [1.29, 1.82) is 0 Å². The molecule has 1 aromatic rings. The Morgan fingerprint density at radius 3 is 2.87 bits per heavy atom. The Balaban J connectivity index is 2.31. The van der Waals surface area contributed by atoms with Gasteiger partial charge in [-0.15, -0.1) is 0 Å². The van der Waals surface area contributed by atoms with Crippen molar-refractivity contribution < 1.29 is 0 Å². The highest BCUT2D eigenvalue weighted by atomic mass is 127. The minimum absolute atomic E-state index is 0.0260. The SMILES string of the molecule is NC(C1=CCCC1)c1cc(Cl)ccc1I. The molecule has 3 heteroatoms.